The highest BCUT2D eigenvalue weighted by molar-refractivity contribution is 5.85. The average molecular weight is 271 g/mol. The molecule has 5 nitrogen and oxygen atoms in total. The number of hydrogen-bond donors (Lipinski definition) is 1. The minimum absolute atomic E-state index is 0.187. The summed E-state index contributed by atoms with van der Waals surface area (Å²) in [5, 5.41) is 13.1. The molecule has 0 saturated carbocycles. The fourth-order valence-electron chi connectivity index (χ4n) is 1.45. The van der Waals surface area contributed by atoms with E-state index in [1.165, 1.54) is 12.1 Å². The second kappa shape index (κ2) is 4.63. The summed E-state index contributed by atoms with van der Waals surface area (Å²) in [6.07, 6.45) is -4.83. The zero-order valence-corrected chi connectivity index (χ0v) is 9.37. The van der Waals surface area contributed by atoms with Crippen LogP contribution in [0.5, 0.6) is 0 Å². The van der Waals surface area contributed by atoms with E-state index >= 15 is 0 Å². The highest BCUT2D eigenvalue weighted by Crippen LogP contribution is 2.29. The molecule has 1 N–H and O–H groups in total. The van der Waals surface area contributed by atoms with Gasteiger partial charge in [0.15, 0.2) is 0 Å². The summed E-state index contributed by atoms with van der Waals surface area (Å²) in [6, 6.07) is 7.69. The van der Waals surface area contributed by atoms with Gasteiger partial charge in [-0.3, -0.25) is 0 Å². The van der Waals surface area contributed by atoms with E-state index in [-0.39, 0.29) is 5.69 Å². The highest BCUT2D eigenvalue weighted by atomic mass is 19.4. The lowest BCUT2D eigenvalue weighted by Crippen LogP contribution is -2.35. The second-order valence-electron chi connectivity index (χ2n) is 3.58. The zero-order valence-electron chi connectivity index (χ0n) is 9.37. The molecule has 0 spiro atoms. The van der Waals surface area contributed by atoms with E-state index in [1.54, 1.807) is 18.2 Å². The van der Waals surface area contributed by atoms with Crippen molar-refractivity contribution in [3.8, 4) is 0 Å². The lowest BCUT2D eigenvalue weighted by atomic mass is 10.3. The quantitative estimate of drug-likeness (QED) is 0.913. The number of para-hydroxylation sites is 1. The van der Waals surface area contributed by atoms with Gasteiger partial charge < -0.3 is 5.11 Å². The summed E-state index contributed by atoms with van der Waals surface area (Å²) in [6.45, 7) is 0. The van der Waals surface area contributed by atoms with Gasteiger partial charge >= 0.3 is 12.3 Å². The number of anilines is 1. The van der Waals surface area contributed by atoms with Crippen LogP contribution in [0.4, 0.5) is 23.7 Å². The molecule has 1 aromatic heterocycles. The molecule has 0 radical (unpaired) electrons. The summed E-state index contributed by atoms with van der Waals surface area (Å²) in [7, 11) is 0. The van der Waals surface area contributed by atoms with Crippen molar-refractivity contribution in [2.45, 2.75) is 6.18 Å². The third kappa shape index (κ3) is 2.67. The van der Waals surface area contributed by atoms with E-state index in [4.69, 9.17) is 5.11 Å². The SMILES string of the molecule is O=C(O)N(c1ccccc1)n1cc(C(F)(F)F)cn1. The number of alkyl halides is 3. The molecular formula is C11H8F3N3O2. The van der Waals surface area contributed by atoms with Gasteiger partial charge in [0.1, 0.15) is 0 Å². The Morgan fingerprint density at radius 3 is 2.37 bits per heavy atom. The largest absolute Gasteiger partial charge is 0.463 e. The van der Waals surface area contributed by atoms with Crippen molar-refractivity contribution in [2.24, 2.45) is 0 Å². The maximum Gasteiger partial charge on any atom is 0.432 e. The van der Waals surface area contributed by atoms with E-state index < -0.39 is 17.8 Å². The first-order valence-electron chi connectivity index (χ1n) is 5.10. The van der Waals surface area contributed by atoms with Crippen molar-refractivity contribution in [3.63, 3.8) is 0 Å². The Morgan fingerprint density at radius 1 is 1.26 bits per heavy atom. The molecule has 0 aliphatic carbocycles. The van der Waals surface area contributed by atoms with Gasteiger partial charge in [-0.2, -0.15) is 28.1 Å². The predicted molar refractivity (Wildman–Crippen MR) is 59.6 cm³/mol. The summed E-state index contributed by atoms with van der Waals surface area (Å²) >= 11 is 0. The van der Waals surface area contributed by atoms with Crippen molar-refractivity contribution in [2.75, 3.05) is 5.01 Å². The van der Waals surface area contributed by atoms with Gasteiger partial charge in [0.25, 0.3) is 0 Å². The van der Waals surface area contributed by atoms with E-state index in [1.807, 2.05) is 0 Å². The minimum atomic E-state index is -4.57. The van der Waals surface area contributed by atoms with Crippen LogP contribution in [0.25, 0.3) is 0 Å². The molecule has 0 aliphatic rings. The second-order valence-corrected chi connectivity index (χ2v) is 3.58. The number of hydrogen-bond acceptors (Lipinski definition) is 2. The number of aromatic nitrogens is 2. The molecule has 100 valence electrons. The lowest BCUT2D eigenvalue weighted by Gasteiger charge is -2.18. The minimum Gasteiger partial charge on any atom is -0.463 e. The first kappa shape index (κ1) is 12.9. The zero-order chi connectivity index (χ0) is 14.0. The van der Waals surface area contributed by atoms with Crippen molar-refractivity contribution in [1.82, 2.24) is 9.89 Å². The van der Waals surface area contributed by atoms with Crippen LogP contribution >= 0.6 is 0 Å². The average Bonchev–Trinajstić information content (AvgIpc) is 2.79. The molecule has 19 heavy (non-hydrogen) atoms. The maximum absolute atomic E-state index is 12.4. The maximum atomic E-state index is 12.4. The van der Waals surface area contributed by atoms with Gasteiger partial charge in [-0.05, 0) is 12.1 Å². The molecule has 0 saturated heterocycles. The fraction of sp³-hybridized carbons (Fsp3) is 0.0909. The third-order valence-corrected chi connectivity index (χ3v) is 2.28. The van der Waals surface area contributed by atoms with Gasteiger partial charge in [0.05, 0.1) is 23.6 Å². The van der Waals surface area contributed by atoms with E-state index in [2.05, 4.69) is 5.10 Å². The Bertz CT molecular complexity index is 580. The normalized spacial score (nSPS) is 11.3. The Kier molecular flexibility index (Phi) is 3.16. The van der Waals surface area contributed by atoms with Crippen LogP contribution in [0.15, 0.2) is 42.7 Å². The van der Waals surface area contributed by atoms with Crippen molar-refractivity contribution < 1.29 is 23.1 Å². The monoisotopic (exact) mass is 271 g/mol. The van der Waals surface area contributed by atoms with Crippen LogP contribution in [-0.2, 0) is 6.18 Å². The van der Waals surface area contributed by atoms with E-state index in [0.29, 0.717) is 22.2 Å². The molecule has 2 aromatic rings. The first-order chi connectivity index (χ1) is 8.89. The molecule has 1 aromatic carbocycles. The standard InChI is InChI=1S/C11H8F3N3O2/c12-11(13,14)8-6-15-16(7-8)17(10(18)19)9-4-2-1-3-5-9/h1-7H,(H,18,19). The van der Waals surface area contributed by atoms with Gasteiger partial charge in [-0.15, -0.1) is 0 Å². The molecule has 0 atom stereocenters. The number of carbonyl (C=O) groups is 1. The molecule has 1 heterocycles. The Hall–Kier alpha value is -2.51. The smallest absolute Gasteiger partial charge is 0.432 e. The van der Waals surface area contributed by atoms with Gasteiger partial charge in [0, 0.05) is 0 Å². The van der Waals surface area contributed by atoms with Crippen molar-refractivity contribution >= 4 is 11.8 Å². The molecule has 0 fully saturated rings. The molecule has 0 unspecified atom stereocenters. The summed E-state index contributed by atoms with van der Waals surface area (Å²) in [5.74, 6) is 0. The van der Waals surface area contributed by atoms with Crippen molar-refractivity contribution in [1.29, 1.82) is 0 Å². The van der Waals surface area contributed by atoms with Crippen molar-refractivity contribution in [3.05, 3.63) is 48.3 Å². The van der Waals surface area contributed by atoms with E-state index in [0.717, 1.165) is 0 Å². The Morgan fingerprint density at radius 2 is 1.89 bits per heavy atom. The Balaban J connectivity index is 2.41. The van der Waals surface area contributed by atoms with Crippen LogP contribution in [0.3, 0.4) is 0 Å². The number of amides is 1. The van der Waals surface area contributed by atoms with Gasteiger partial charge in [0.2, 0.25) is 0 Å². The van der Waals surface area contributed by atoms with Crippen LogP contribution in [0.2, 0.25) is 0 Å². The highest BCUT2D eigenvalue weighted by Gasteiger charge is 2.33. The fourth-order valence-corrected chi connectivity index (χ4v) is 1.45. The summed E-state index contributed by atoms with van der Waals surface area (Å²) < 4.78 is 37.3. The van der Waals surface area contributed by atoms with Crippen LogP contribution < -0.4 is 5.01 Å². The third-order valence-electron chi connectivity index (χ3n) is 2.28. The van der Waals surface area contributed by atoms with Gasteiger partial charge in [-0.25, -0.2) is 4.79 Å². The molecule has 2 rings (SSSR count). The molecule has 0 bridgehead atoms. The number of nitrogens with zero attached hydrogens (tertiary/aromatic N) is 3. The van der Waals surface area contributed by atoms with E-state index in [9.17, 15) is 18.0 Å². The van der Waals surface area contributed by atoms with Gasteiger partial charge in [-0.1, -0.05) is 18.2 Å². The summed E-state index contributed by atoms with van der Waals surface area (Å²) in [4.78, 5) is 11.8. The number of halogens is 3. The summed E-state index contributed by atoms with van der Waals surface area (Å²) in [5.41, 5.74) is -0.832. The number of benzene rings is 1. The van der Waals surface area contributed by atoms with Crippen LogP contribution in [0.1, 0.15) is 5.56 Å². The Labute approximate surface area is 105 Å². The van der Waals surface area contributed by atoms with Crippen LogP contribution in [0, 0.1) is 0 Å². The number of rotatable bonds is 2. The number of carboxylic acid groups (broad SMARTS) is 1. The molecule has 0 aliphatic heterocycles. The molecule has 1 amide bonds. The topological polar surface area (TPSA) is 58.4 Å². The lowest BCUT2D eigenvalue weighted by molar-refractivity contribution is -0.137. The predicted octanol–water partition coefficient (Wildman–Crippen LogP) is 2.85. The molecular weight excluding hydrogens is 263 g/mol. The molecule has 8 heteroatoms. The van der Waals surface area contributed by atoms with Crippen LogP contribution in [-0.4, -0.2) is 21.1 Å². The first-order valence-corrected chi connectivity index (χ1v) is 5.10.